The van der Waals surface area contributed by atoms with Crippen molar-refractivity contribution in [3.63, 3.8) is 0 Å². The molecular formula is C32H33NO2S. The Labute approximate surface area is 214 Å². The maximum atomic E-state index is 13.4. The van der Waals surface area contributed by atoms with Gasteiger partial charge in [-0.25, -0.2) is 8.42 Å². The summed E-state index contributed by atoms with van der Waals surface area (Å²) in [6.45, 7) is 13.4. The minimum absolute atomic E-state index is 0.0218. The molecular weight excluding hydrogens is 462 g/mol. The topological polar surface area (TPSA) is 39.1 Å². The molecule has 5 rings (SSSR count). The molecule has 0 spiro atoms. The Kier molecular flexibility index (Phi) is 5.64. The van der Waals surface area contributed by atoms with Crippen LogP contribution in [0.4, 0.5) is 0 Å². The van der Waals surface area contributed by atoms with Gasteiger partial charge < -0.3 is 4.57 Å². The van der Waals surface area contributed by atoms with Gasteiger partial charge in [-0.05, 0) is 76.6 Å². The first-order valence-electron chi connectivity index (χ1n) is 12.4. The van der Waals surface area contributed by atoms with Crippen LogP contribution in [0.25, 0.3) is 27.5 Å². The number of hydrogen-bond acceptors (Lipinski definition) is 2. The molecule has 3 nitrogen and oxygen atoms in total. The fraction of sp³-hybridized carbons (Fsp3) is 0.250. The van der Waals surface area contributed by atoms with E-state index >= 15 is 0 Å². The summed E-state index contributed by atoms with van der Waals surface area (Å²) in [5, 5.41) is 2.36. The van der Waals surface area contributed by atoms with E-state index in [1.54, 1.807) is 36.4 Å². The summed E-state index contributed by atoms with van der Waals surface area (Å²) in [7, 11) is -3.62. The lowest BCUT2D eigenvalue weighted by atomic mass is 9.85. The highest BCUT2D eigenvalue weighted by atomic mass is 32.2. The summed E-state index contributed by atoms with van der Waals surface area (Å²) >= 11 is 0. The molecule has 36 heavy (non-hydrogen) atoms. The van der Waals surface area contributed by atoms with Crippen molar-refractivity contribution in [2.24, 2.45) is 0 Å². The van der Waals surface area contributed by atoms with Crippen molar-refractivity contribution in [3.8, 4) is 5.69 Å². The Hall–Kier alpha value is -3.37. The van der Waals surface area contributed by atoms with Crippen LogP contribution in [0, 0.1) is 0 Å². The lowest BCUT2D eigenvalue weighted by Crippen LogP contribution is -2.10. The second-order valence-electron chi connectivity index (χ2n) is 11.6. The van der Waals surface area contributed by atoms with Crippen LogP contribution in [0.5, 0.6) is 0 Å². The van der Waals surface area contributed by atoms with Gasteiger partial charge in [-0.3, -0.25) is 0 Å². The maximum Gasteiger partial charge on any atom is 0.206 e. The van der Waals surface area contributed by atoms with Crippen LogP contribution >= 0.6 is 0 Å². The van der Waals surface area contributed by atoms with Crippen molar-refractivity contribution in [2.75, 3.05) is 0 Å². The molecule has 0 aliphatic heterocycles. The highest BCUT2D eigenvalue weighted by Gasteiger charge is 2.22. The van der Waals surface area contributed by atoms with Crippen LogP contribution in [-0.4, -0.2) is 13.0 Å². The van der Waals surface area contributed by atoms with E-state index < -0.39 is 9.84 Å². The molecule has 5 aromatic rings. The van der Waals surface area contributed by atoms with E-state index in [4.69, 9.17) is 0 Å². The average Bonchev–Trinajstić information content (AvgIpc) is 3.17. The fourth-order valence-electron chi connectivity index (χ4n) is 4.76. The Bertz CT molecular complexity index is 1630. The van der Waals surface area contributed by atoms with E-state index in [-0.39, 0.29) is 10.8 Å². The van der Waals surface area contributed by atoms with Gasteiger partial charge in [0.25, 0.3) is 0 Å². The van der Waals surface area contributed by atoms with Gasteiger partial charge in [0.2, 0.25) is 9.84 Å². The SMILES string of the molecule is CC(C)(C)c1ccc2c(c1)c1cc(C(C)(C)C)ccc1n2-c1cccc(S(=O)(=O)c2ccccc2)c1. The van der Waals surface area contributed by atoms with Crippen LogP contribution in [-0.2, 0) is 20.7 Å². The predicted octanol–water partition coefficient (Wildman–Crippen LogP) is 8.21. The molecule has 0 amide bonds. The Balaban J connectivity index is 1.80. The first-order chi connectivity index (χ1) is 16.9. The second-order valence-corrected chi connectivity index (χ2v) is 13.6. The summed E-state index contributed by atoms with van der Waals surface area (Å²) in [5.74, 6) is 0. The molecule has 1 heterocycles. The molecule has 0 unspecified atom stereocenters. The van der Waals surface area contributed by atoms with Crippen LogP contribution in [0.3, 0.4) is 0 Å². The number of fused-ring (bicyclic) bond motifs is 3. The van der Waals surface area contributed by atoms with E-state index in [1.165, 1.54) is 21.9 Å². The van der Waals surface area contributed by atoms with Crippen molar-refractivity contribution < 1.29 is 8.42 Å². The van der Waals surface area contributed by atoms with Crippen LogP contribution < -0.4 is 0 Å². The fourth-order valence-corrected chi connectivity index (χ4v) is 6.08. The van der Waals surface area contributed by atoms with E-state index in [1.807, 2.05) is 18.2 Å². The number of aromatic nitrogens is 1. The Morgan fingerprint density at radius 1 is 0.556 bits per heavy atom. The minimum atomic E-state index is -3.62. The molecule has 4 heteroatoms. The minimum Gasteiger partial charge on any atom is -0.309 e. The molecule has 1 aromatic heterocycles. The van der Waals surface area contributed by atoms with Crippen molar-refractivity contribution in [1.82, 2.24) is 4.57 Å². The molecule has 0 saturated carbocycles. The van der Waals surface area contributed by atoms with Gasteiger partial charge >= 0.3 is 0 Å². The van der Waals surface area contributed by atoms with Gasteiger partial charge in [0.1, 0.15) is 0 Å². The zero-order valence-electron chi connectivity index (χ0n) is 21.8. The molecule has 0 atom stereocenters. The average molecular weight is 496 g/mol. The predicted molar refractivity (Wildman–Crippen MR) is 150 cm³/mol. The maximum absolute atomic E-state index is 13.4. The summed E-state index contributed by atoms with van der Waals surface area (Å²) in [6.07, 6.45) is 0. The van der Waals surface area contributed by atoms with Crippen molar-refractivity contribution in [3.05, 3.63) is 102 Å². The molecule has 0 bridgehead atoms. The Morgan fingerprint density at radius 2 is 1.06 bits per heavy atom. The van der Waals surface area contributed by atoms with Gasteiger partial charge in [0, 0.05) is 16.5 Å². The quantitative estimate of drug-likeness (QED) is 0.253. The molecule has 184 valence electrons. The van der Waals surface area contributed by atoms with Gasteiger partial charge in [0.15, 0.2) is 0 Å². The van der Waals surface area contributed by atoms with Gasteiger partial charge in [-0.15, -0.1) is 0 Å². The molecule has 0 aliphatic rings. The lowest BCUT2D eigenvalue weighted by Gasteiger charge is -2.19. The molecule has 0 aliphatic carbocycles. The van der Waals surface area contributed by atoms with E-state index in [0.717, 1.165) is 16.7 Å². The number of benzene rings is 4. The third-order valence-corrected chi connectivity index (χ3v) is 8.70. The van der Waals surface area contributed by atoms with Crippen molar-refractivity contribution >= 4 is 31.6 Å². The molecule has 0 saturated heterocycles. The largest absolute Gasteiger partial charge is 0.309 e. The number of hydrogen-bond donors (Lipinski definition) is 0. The third kappa shape index (κ3) is 4.14. The van der Waals surface area contributed by atoms with E-state index in [0.29, 0.717) is 9.79 Å². The number of rotatable bonds is 3. The summed E-state index contributed by atoms with van der Waals surface area (Å²) in [6, 6.07) is 29.2. The normalized spacial score (nSPS) is 12.9. The first-order valence-corrected chi connectivity index (χ1v) is 13.9. The highest BCUT2D eigenvalue weighted by molar-refractivity contribution is 7.91. The summed E-state index contributed by atoms with van der Waals surface area (Å²) in [5.41, 5.74) is 5.56. The number of sulfone groups is 1. The van der Waals surface area contributed by atoms with Crippen LogP contribution in [0.1, 0.15) is 52.7 Å². The van der Waals surface area contributed by atoms with Gasteiger partial charge in [-0.1, -0.05) is 77.9 Å². The monoisotopic (exact) mass is 495 g/mol. The smallest absolute Gasteiger partial charge is 0.206 e. The van der Waals surface area contributed by atoms with E-state index in [2.05, 4.69) is 82.5 Å². The van der Waals surface area contributed by atoms with Crippen LogP contribution in [0.15, 0.2) is 101 Å². The second kappa shape index (κ2) is 8.35. The molecule has 0 radical (unpaired) electrons. The zero-order valence-corrected chi connectivity index (χ0v) is 22.6. The van der Waals surface area contributed by atoms with Gasteiger partial charge in [-0.2, -0.15) is 0 Å². The third-order valence-electron chi connectivity index (χ3n) is 6.94. The van der Waals surface area contributed by atoms with Crippen molar-refractivity contribution in [2.45, 2.75) is 62.2 Å². The zero-order chi connectivity index (χ0) is 25.9. The van der Waals surface area contributed by atoms with Crippen LogP contribution in [0.2, 0.25) is 0 Å². The molecule has 0 fully saturated rings. The highest BCUT2D eigenvalue weighted by Crippen LogP contribution is 2.38. The lowest BCUT2D eigenvalue weighted by molar-refractivity contribution is 0.590. The van der Waals surface area contributed by atoms with E-state index in [9.17, 15) is 8.42 Å². The Morgan fingerprint density at radius 3 is 1.56 bits per heavy atom. The van der Waals surface area contributed by atoms with Gasteiger partial charge in [0.05, 0.1) is 20.8 Å². The number of nitrogens with zero attached hydrogens (tertiary/aromatic N) is 1. The standard InChI is InChI=1S/C32H33NO2S/c1-31(2,3)22-15-17-29-27(19-22)28-20-23(32(4,5)6)16-18-30(28)33(29)24-11-10-14-26(21-24)36(34,35)25-12-8-7-9-13-25/h7-21H,1-6H3. The first kappa shape index (κ1) is 24.3. The molecule has 4 aromatic carbocycles. The summed E-state index contributed by atoms with van der Waals surface area (Å²) < 4.78 is 29.0. The molecule has 0 N–H and O–H groups in total. The van der Waals surface area contributed by atoms with Crippen molar-refractivity contribution in [1.29, 1.82) is 0 Å². The summed E-state index contributed by atoms with van der Waals surface area (Å²) in [4.78, 5) is 0.591.